The standard InChI is InChI=1S/C20H21F3N6O4S/c1-26-18-16(12-25-26)19(31)28(13-24-18)6-5-17(30)27-7-9-29(10-8-27)34(32,33)15-4-2-3-14(11-15)20(21,22)23/h2-4,11-13H,5-10H2,1H3. The van der Waals surface area contributed by atoms with Gasteiger partial charge < -0.3 is 4.90 Å². The molecular formula is C20H21F3N6O4S. The van der Waals surface area contributed by atoms with E-state index in [-0.39, 0.29) is 50.6 Å². The van der Waals surface area contributed by atoms with Crippen LogP contribution in [0.3, 0.4) is 0 Å². The van der Waals surface area contributed by atoms with E-state index in [1.807, 2.05) is 0 Å². The highest BCUT2D eigenvalue weighted by atomic mass is 32.2. The smallest absolute Gasteiger partial charge is 0.340 e. The van der Waals surface area contributed by atoms with E-state index in [9.17, 15) is 31.2 Å². The summed E-state index contributed by atoms with van der Waals surface area (Å²) in [5, 5.41) is 4.33. The summed E-state index contributed by atoms with van der Waals surface area (Å²) < 4.78 is 68.3. The van der Waals surface area contributed by atoms with E-state index in [4.69, 9.17) is 0 Å². The molecule has 1 aromatic carbocycles. The highest BCUT2D eigenvalue weighted by molar-refractivity contribution is 7.89. The van der Waals surface area contributed by atoms with Crippen LogP contribution in [0.4, 0.5) is 13.2 Å². The number of carbonyl (C=O) groups excluding carboxylic acids is 1. The molecule has 1 aliphatic rings. The summed E-state index contributed by atoms with van der Waals surface area (Å²) in [7, 11) is -2.48. The van der Waals surface area contributed by atoms with Crippen LogP contribution in [0, 0.1) is 0 Å². The van der Waals surface area contributed by atoms with Gasteiger partial charge >= 0.3 is 6.18 Å². The summed E-state index contributed by atoms with van der Waals surface area (Å²) in [6.45, 7) is 0.177. The van der Waals surface area contributed by atoms with E-state index in [0.717, 1.165) is 22.5 Å². The number of carbonyl (C=O) groups is 1. The molecule has 0 saturated carbocycles. The van der Waals surface area contributed by atoms with Gasteiger partial charge in [0.1, 0.15) is 5.39 Å². The highest BCUT2D eigenvalue weighted by Gasteiger charge is 2.34. The van der Waals surface area contributed by atoms with Gasteiger partial charge in [-0.05, 0) is 18.2 Å². The third-order valence-electron chi connectivity index (χ3n) is 5.68. The summed E-state index contributed by atoms with van der Waals surface area (Å²) >= 11 is 0. The van der Waals surface area contributed by atoms with Crippen LogP contribution in [0.15, 0.2) is 46.5 Å². The summed E-state index contributed by atoms with van der Waals surface area (Å²) in [4.78, 5) is 30.3. The van der Waals surface area contributed by atoms with Gasteiger partial charge in [-0.1, -0.05) is 6.07 Å². The lowest BCUT2D eigenvalue weighted by Gasteiger charge is -2.34. The molecule has 0 bridgehead atoms. The molecule has 34 heavy (non-hydrogen) atoms. The third kappa shape index (κ3) is 4.55. The van der Waals surface area contributed by atoms with Crippen LogP contribution in [-0.4, -0.2) is 69.0 Å². The molecule has 182 valence electrons. The van der Waals surface area contributed by atoms with E-state index < -0.39 is 26.7 Å². The average Bonchev–Trinajstić information content (AvgIpc) is 3.19. The number of sulfonamides is 1. The second kappa shape index (κ2) is 8.83. The maximum atomic E-state index is 13.0. The summed E-state index contributed by atoms with van der Waals surface area (Å²) in [5.41, 5.74) is -0.926. The molecule has 0 atom stereocenters. The molecule has 10 nitrogen and oxygen atoms in total. The number of hydrogen-bond acceptors (Lipinski definition) is 6. The molecule has 3 heterocycles. The van der Waals surface area contributed by atoms with Gasteiger partial charge in [0.15, 0.2) is 5.65 Å². The van der Waals surface area contributed by atoms with Crippen LogP contribution in [0.1, 0.15) is 12.0 Å². The monoisotopic (exact) mass is 498 g/mol. The first-order chi connectivity index (χ1) is 16.0. The van der Waals surface area contributed by atoms with Gasteiger partial charge in [-0.25, -0.2) is 13.4 Å². The molecule has 14 heteroatoms. The van der Waals surface area contributed by atoms with Crippen molar-refractivity contribution in [1.82, 2.24) is 28.5 Å². The Labute approximate surface area is 192 Å². The van der Waals surface area contributed by atoms with Crippen LogP contribution in [0.5, 0.6) is 0 Å². The minimum Gasteiger partial charge on any atom is -0.340 e. The van der Waals surface area contributed by atoms with Gasteiger partial charge in [-0.15, -0.1) is 0 Å². The fourth-order valence-electron chi connectivity index (χ4n) is 3.76. The minimum absolute atomic E-state index is 0.00767. The maximum Gasteiger partial charge on any atom is 0.416 e. The molecule has 1 amide bonds. The van der Waals surface area contributed by atoms with E-state index in [0.29, 0.717) is 17.1 Å². The first-order valence-corrected chi connectivity index (χ1v) is 11.7. The third-order valence-corrected chi connectivity index (χ3v) is 7.57. The van der Waals surface area contributed by atoms with Crippen molar-refractivity contribution < 1.29 is 26.4 Å². The number of nitrogens with zero attached hydrogens (tertiary/aromatic N) is 6. The Morgan fingerprint density at radius 3 is 2.53 bits per heavy atom. The molecule has 1 fully saturated rings. The Morgan fingerprint density at radius 1 is 1.15 bits per heavy atom. The minimum atomic E-state index is -4.66. The number of halogens is 3. The first kappa shape index (κ1) is 23.9. The van der Waals surface area contributed by atoms with Gasteiger partial charge in [-0.3, -0.25) is 18.8 Å². The number of hydrogen-bond donors (Lipinski definition) is 0. The van der Waals surface area contributed by atoms with Crippen LogP contribution < -0.4 is 5.56 Å². The maximum absolute atomic E-state index is 13.0. The topological polar surface area (TPSA) is 110 Å². The van der Waals surface area contributed by atoms with Gasteiger partial charge in [0.05, 0.1) is 23.0 Å². The lowest BCUT2D eigenvalue weighted by molar-refractivity contribution is -0.137. The van der Waals surface area contributed by atoms with Crippen molar-refractivity contribution in [1.29, 1.82) is 0 Å². The molecule has 3 aromatic rings. The number of aryl methyl sites for hydroxylation is 2. The van der Waals surface area contributed by atoms with E-state index in [1.54, 1.807) is 7.05 Å². The van der Waals surface area contributed by atoms with Crippen LogP contribution >= 0.6 is 0 Å². The van der Waals surface area contributed by atoms with Crippen molar-refractivity contribution in [2.24, 2.45) is 7.05 Å². The number of benzene rings is 1. The number of alkyl halides is 3. The largest absolute Gasteiger partial charge is 0.416 e. The van der Waals surface area contributed by atoms with Gasteiger partial charge in [-0.2, -0.15) is 22.6 Å². The Hall–Kier alpha value is -3.26. The molecule has 0 spiro atoms. The summed E-state index contributed by atoms with van der Waals surface area (Å²) in [5.74, 6) is -0.269. The van der Waals surface area contributed by atoms with Crippen molar-refractivity contribution in [3.8, 4) is 0 Å². The first-order valence-electron chi connectivity index (χ1n) is 10.3. The number of rotatable bonds is 5. The van der Waals surface area contributed by atoms with Crippen molar-refractivity contribution >= 4 is 27.0 Å². The van der Waals surface area contributed by atoms with Crippen molar-refractivity contribution in [3.63, 3.8) is 0 Å². The van der Waals surface area contributed by atoms with E-state index in [1.165, 1.54) is 26.7 Å². The van der Waals surface area contributed by atoms with Crippen molar-refractivity contribution in [2.75, 3.05) is 26.2 Å². The molecule has 0 unspecified atom stereocenters. The average molecular weight is 498 g/mol. The lowest BCUT2D eigenvalue weighted by atomic mass is 10.2. The Balaban J connectivity index is 1.38. The van der Waals surface area contributed by atoms with Crippen LogP contribution in [-0.2, 0) is 34.6 Å². The molecule has 0 N–H and O–H groups in total. The van der Waals surface area contributed by atoms with Crippen LogP contribution in [0.25, 0.3) is 11.0 Å². The van der Waals surface area contributed by atoms with Crippen molar-refractivity contribution in [3.05, 3.63) is 52.7 Å². The Bertz CT molecular complexity index is 1390. The second-order valence-corrected chi connectivity index (χ2v) is 9.75. The zero-order valence-corrected chi connectivity index (χ0v) is 18.9. The molecule has 1 aliphatic heterocycles. The highest BCUT2D eigenvalue weighted by Crippen LogP contribution is 2.31. The summed E-state index contributed by atoms with van der Waals surface area (Å²) in [6, 6.07) is 3.59. The zero-order valence-electron chi connectivity index (χ0n) is 18.1. The van der Waals surface area contributed by atoms with E-state index >= 15 is 0 Å². The quantitative estimate of drug-likeness (QED) is 0.521. The fraction of sp³-hybridized carbons (Fsp3) is 0.400. The van der Waals surface area contributed by atoms with Gasteiger partial charge in [0, 0.05) is 46.2 Å². The van der Waals surface area contributed by atoms with E-state index in [2.05, 4.69) is 10.1 Å². The van der Waals surface area contributed by atoms with Crippen molar-refractivity contribution in [2.45, 2.75) is 24.0 Å². The van der Waals surface area contributed by atoms with Gasteiger partial charge in [0.2, 0.25) is 15.9 Å². The second-order valence-electron chi connectivity index (χ2n) is 7.81. The molecule has 1 saturated heterocycles. The number of fused-ring (bicyclic) bond motifs is 1. The molecule has 4 rings (SSSR count). The SMILES string of the molecule is Cn1ncc2c(=O)n(CCC(=O)N3CCN(S(=O)(=O)c4cccc(C(F)(F)F)c4)CC3)cnc21. The molecule has 0 aliphatic carbocycles. The molecular weight excluding hydrogens is 477 g/mol. The molecule has 2 aromatic heterocycles. The van der Waals surface area contributed by atoms with Gasteiger partial charge in [0.25, 0.3) is 5.56 Å². The fourth-order valence-corrected chi connectivity index (χ4v) is 5.23. The molecule has 0 radical (unpaired) electrons. The number of aromatic nitrogens is 4. The number of piperazine rings is 1. The Morgan fingerprint density at radius 2 is 1.85 bits per heavy atom. The zero-order chi connectivity index (χ0) is 24.7. The van der Waals surface area contributed by atoms with Crippen LogP contribution in [0.2, 0.25) is 0 Å². The Kier molecular flexibility index (Phi) is 6.20. The number of amides is 1. The predicted octanol–water partition coefficient (Wildman–Crippen LogP) is 1.07. The summed E-state index contributed by atoms with van der Waals surface area (Å²) in [6.07, 6.45) is -1.89. The normalized spacial score (nSPS) is 15.7. The lowest BCUT2D eigenvalue weighted by Crippen LogP contribution is -2.50. The predicted molar refractivity (Wildman–Crippen MR) is 114 cm³/mol.